The summed E-state index contributed by atoms with van der Waals surface area (Å²) >= 11 is 0. The molecule has 0 spiro atoms. The van der Waals surface area contributed by atoms with Crippen LogP contribution in [0.1, 0.15) is 18.1 Å². The Bertz CT molecular complexity index is 1070. The summed E-state index contributed by atoms with van der Waals surface area (Å²) in [7, 11) is 0. The van der Waals surface area contributed by atoms with Crippen LogP contribution in [-0.2, 0) is 11.4 Å². The molecule has 4 nitrogen and oxygen atoms in total. The number of rotatable bonds is 5. The van der Waals surface area contributed by atoms with Crippen molar-refractivity contribution in [2.75, 3.05) is 5.01 Å². The van der Waals surface area contributed by atoms with E-state index < -0.39 is 0 Å². The number of hydrogen-bond donors (Lipinski definition) is 0. The highest BCUT2D eigenvalue weighted by Crippen LogP contribution is 2.25. The number of hydrogen-bond acceptors (Lipinski definition) is 3. The first kappa shape index (κ1) is 18.6. The van der Waals surface area contributed by atoms with Gasteiger partial charge in [0.2, 0.25) is 0 Å². The Balaban J connectivity index is 1.45. The van der Waals surface area contributed by atoms with Crippen molar-refractivity contribution >= 4 is 23.4 Å². The molecule has 1 aliphatic rings. The zero-order chi connectivity index (χ0) is 20.2. The van der Waals surface area contributed by atoms with Gasteiger partial charge >= 0.3 is 0 Å². The van der Waals surface area contributed by atoms with Gasteiger partial charge in [-0.1, -0.05) is 42.5 Å². The number of nitrogens with zero attached hydrogens (tertiary/aromatic N) is 2. The topological polar surface area (TPSA) is 41.9 Å². The van der Waals surface area contributed by atoms with Gasteiger partial charge in [-0.05, 0) is 60.5 Å². The Morgan fingerprint density at radius 2 is 1.66 bits per heavy atom. The molecule has 1 amide bonds. The van der Waals surface area contributed by atoms with Gasteiger partial charge in [-0.2, -0.15) is 10.1 Å². The van der Waals surface area contributed by atoms with Crippen LogP contribution in [0.5, 0.6) is 5.75 Å². The first-order valence-corrected chi connectivity index (χ1v) is 9.24. The van der Waals surface area contributed by atoms with Crippen molar-refractivity contribution < 1.29 is 13.9 Å². The second-order valence-corrected chi connectivity index (χ2v) is 6.68. The number of carbonyl (C=O) groups is 1. The SMILES string of the molecule is CC1=NN(c2ccccc2)C(=O)/C1=C/c1ccc(OCc2ccc(F)cc2)cc1. The smallest absolute Gasteiger partial charge is 0.280 e. The normalized spacial score (nSPS) is 15.0. The molecule has 0 saturated carbocycles. The highest BCUT2D eigenvalue weighted by atomic mass is 19.1. The quantitative estimate of drug-likeness (QED) is 0.565. The standard InChI is InChI=1S/C24H19FN2O2/c1-17-23(24(28)27(26-17)21-5-3-2-4-6-21)15-18-9-13-22(14-10-18)29-16-19-7-11-20(25)12-8-19/h2-15H,16H2,1H3/b23-15+. The summed E-state index contributed by atoms with van der Waals surface area (Å²) in [5, 5.41) is 5.80. The summed E-state index contributed by atoms with van der Waals surface area (Å²) in [6, 6.07) is 23.0. The third-order valence-corrected chi connectivity index (χ3v) is 4.57. The minimum absolute atomic E-state index is 0.148. The van der Waals surface area contributed by atoms with Gasteiger partial charge < -0.3 is 4.74 Å². The molecule has 0 atom stereocenters. The van der Waals surface area contributed by atoms with E-state index in [0.29, 0.717) is 23.6 Å². The van der Waals surface area contributed by atoms with E-state index in [1.807, 2.05) is 67.6 Å². The second-order valence-electron chi connectivity index (χ2n) is 6.68. The number of halogens is 1. The van der Waals surface area contributed by atoms with Crippen LogP contribution in [0.15, 0.2) is 89.5 Å². The third kappa shape index (κ3) is 4.24. The summed E-state index contributed by atoms with van der Waals surface area (Å²) in [4.78, 5) is 12.8. The number of carbonyl (C=O) groups excluding carboxylic acids is 1. The van der Waals surface area contributed by atoms with Crippen molar-refractivity contribution in [1.82, 2.24) is 0 Å². The van der Waals surface area contributed by atoms with Crippen LogP contribution in [0, 0.1) is 5.82 Å². The van der Waals surface area contributed by atoms with Crippen LogP contribution in [-0.4, -0.2) is 11.6 Å². The molecule has 0 saturated heterocycles. The van der Waals surface area contributed by atoms with Crippen LogP contribution in [0.3, 0.4) is 0 Å². The summed E-state index contributed by atoms with van der Waals surface area (Å²) in [5.41, 5.74) is 3.75. The van der Waals surface area contributed by atoms with Crippen LogP contribution < -0.4 is 9.75 Å². The zero-order valence-electron chi connectivity index (χ0n) is 15.9. The average molecular weight is 386 g/mol. The fraction of sp³-hybridized carbons (Fsp3) is 0.0833. The van der Waals surface area contributed by atoms with E-state index in [1.54, 1.807) is 12.1 Å². The highest BCUT2D eigenvalue weighted by molar-refractivity contribution is 6.32. The molecule has 0 radical (unpaired) electrons. The Hall–Kier alpha value is -3.73. The van der Waals surface area contributed by atoms with Crippen molar-refractivity contribution in [3.8, 4) is 5.75 Å². The van der Waals surface area contributed by atoms with Gasteiger partial charge in [0.05, 0.1) is 17.0 Å². The van der Waals surface area contributed by atoms with E-state index in [9.17, 15) is 9.18 Å². The van der Waals surface area contributed by atoms with Crippen molar-refractivity contribution in [3.63, 3.8) is 0 Å². The molecule has 0 N–H and O–H groups in total. The number of benzene rings is 3. The van der Waals surface area contributed by atoms with E-state index in [2.05, 4.69) is 5.10 Å². The summed E-state index contributed by atoms with van der Waals surface area (Å²) in [6.07, 6.45) is 1.83. The van der Waals surface area contributed by atoms with Gasteiger partial charge in [-0.25, -0.2) is 4.39 Å². The number of para-hydroxylation sites is 1. The molecule has 144 valence electrons. The second kappa shape index (κ2) is 8.10. The van der Waals surface area contributed by atoms with Crippen molar-refractivity contribution in [2.45, 2.75) is 13.5 Å². The summed E-state index contributed by atoms with van der Waals surface area (Å²) < 4.78 is 18.7. The predicted molar refractivity (Wildman–Crippen MR) is 112 cm³/mol. The maximum absolute atomic E-state index is 13.0. The minimum atomic E-state index is -0.266. The number of anilines is 1. The van der Waals surface area contributed by atoms with E-state index in [-0.39, 0.29) is 11.7 Å². The lowest BCUT2D eigenvalue weighted by molar-refractivity contribution is -0.114. The van der Waals surface area contributed by atoms with Crippen molar-refractivity contribution in [1.29, 1.82) is 0 Å². The first-order valence-electron chi connectivity index (χ1n) is 9.24. The summed E-state index contributed by atoms with van der Waals surface area (Å²) in [6.45, 7) is 2.18. The number of ether oxygens (including phenoxy) is 1. The predicted octanol–water partition coefficient (Wildman–Crippen LogP) is 5.21. The third-order valence-electron chi connectivity index (χ3n) is 4.57. The Kier molecular flexibility index (Phi) is 5.20. The molecule has 0 bridgehead atoms. The maximum Gasteiger partial charge on any atom is 0.280 e. The molecule has 5 heteroatoms. The van der Waals surface area contributed by atoms with E-state index in [1.165, 1.54) is 17.1 Å². The lowest BCUT2D eigenvalue weighted by Gasteiger charge is -2.11. The number of amides is 1. The lowest BCUT2D eigenvalue weighted by atomic mass is 10.1. The van der Waals surface area contributed by atoms with Gasteiger partial charge in [0.15, 0.2) is 0 Å². The molecule has 3 aromatic rings. The molecule has 0 aliphatic carbocycles. The van der Waals surface area contributed by atoms with Gasteiger partial charge in [0, 0.05) is 0 Å². The fourth-order valence-electron chi connectivity index (χ4n) is 3.00. The first-order chi connectivity index (χ1) is 14.1. The van der Waals surface area contributed by atoms with Crippen LogP contribution in [0.25, 0.3) is 6.08 Å². The zero-order valence-corrected chi connectivity index (χ0v) is 15.9. The monoisotopic (exact) mass is 386 g/mol. The van der Waals surface area contributed by atoms with Gasteiger partial charge in [-0.3, -0.25) is 4.79 Å². The molecule has 0 aromatic heterocycles. The van der Waals surface area contributed by atoms with Crippen molar-refractivity contribution in [3.05, 3.63) is 101 Å². The molecule has 3 aromatic carbocycles. The van der Waals surface area contributed by atoms with Crippen LogP contribution >= 0.6 is 0 Å². The van der Waals surface area contributed by atoms with Crippen molar-refractivity contribution in [2.24, 2.45) is 5.10 Å². The molecule has 1 heterocycles. The van der Waals surface area contributed by atoms with Crippen LogP contribution in [0.2, 0.25) is 0 Å². The lowest BCUT2D eigenvalue weighted by Crippen LogP contribution is -2.21. The Morgan fingerprint density at radius 1 is 0.966 bits per heavy atom. The Labute approximate surface area is 168 Å². The molecule has 1 aliphatic heterocycles. The van der Waals surface area contributed by atoms with Crippen LogP contribution in [0.4, 0.5) is 10.1 Å². The van der Waals surface area contributed by atoms with Gasteiger partial charge in [-0.15, -0.1) is 0 Å². The fourth-order valence-corrected chi connectivity index (χ4v) is 3.00. The van der Waals surface area contributed by atoms with E-state index in [0.717, 1.165) is 16.8 Å². The minimum Gasteiger partial charge on any atom is -0.489 e. The number of hydrazone groups is 1. The highest BCUT2D eigenvalue weighted by Gasteiger charge is 2.28. The van der Waals surface area contributed by atoms with E-state index in [4.69, 9.17) is 4.74 Å². The molecular weight excluding hydrogens is 367 g/mol. The maximum atomic E-state index is 13.0. The van der Waals surface area contributed by atoms with Gasteiger partial charge in [0.1, 0.15) is 18.2 Å². The average Bonchev–Trinajstić information content (AvgIpc) is 3.03. The summed E-state index contributed by atoms with van der Waals surface area (Å²) in [5.74, 6) is 0.285. The molecule has 0 unspecified atom stereocenters. The largest absolute Gasteiger partial charge is 0.489 e. The molecule has 0 fully saturated rings. The molecule has 4 rings (SSSR count). The Morgan fingerprint density at radius 3 is 2.34 bits per heavy atom. The van der Waals surface area contributed by atoms with E-state index >= 15 is 0 Å². The van der Waals surface area contributed by atoms with Gasteiger partial charge in [0.25, 0.3) is 5.91 Å². The molecule has 29 heavy (non-hydrogen) atoms. The molecular formula is C24H19FN2O2.